The molecular weight excluding hydrogens is 560 g/mol. The van der Waals surface area contributed by atoms with Crippen LogP contribution in [0, 0.1) is 5.92 Å². The number of hydrogen-bond acceptors (Lipinski definition) is 6. The molecule has 0 unspecified atom stereocenters. The van der Waals surface area contributed by atoms with Crippen LogP contribution >= 0.6 is 0 Å². The molecule has 2 amide bonds. The SMILES string of the molecule is COc1ccc2c(c1)[C@@](O)([C@H](C)/C=C/CC(=O)N1CCC[C@H]1CO)C(=O)N2Cc1ccc(-n2[nH]c3ccccc3c2=O)cc1. The van der Waals surface area contributed by atoms with Gasteiger partial charge in [0.15, 0.2) is 5.60 Å². The van der Waals surface area contributed by atoms with Gasteiger partial charge in [0.1, 0.15) is 5.75 Å². The summed E-state index contributed by atoms with van der Waals surface area (Å²) < 4.78 is 6.91. The van der Waals surface area contributed by atoms with Crippen LogP contribution in [0.5, 0.6) is 5.75 Å². The minimum Gasteiger partial charge on any atom is -0.497 e. The molecule has 0 aliphatic carbocycles. The van der Waals surface area contributed by atoms with Gasteiger partial charge < -0.3 is 24.7 Å². The summed E-state index contributed by atoms with van der Waals surface area (Å²) in [5, 5.41) is 25.3. The first-order valence-corrected chi connectivity index (χ1v) is 14.8. The highest BCUT2D eigenvalue weighted by molar-refractivity contribution is 6.07. The second-order valence-electron chi connectivity index (χ2n) is 11.5. The summed E-state index contributed by atoms with van der Waals surface area (Å²) in [7, 11) is 1.53. The predicted octanol–water partition coefficient (Wildman–Crippen LogP) is 3.63. The van der Waals surface area contributed by atoms with Gasteiger partial charge in [-0.05, 0) is 60.9 Å². The Morgan fingerprint density at radius 1 is 1.14 bits per heavy atom. The van der Waals surface area contributed by atoms with E-state index in [4.69, 9.17) is 4.74 Å². The molecule has 0 radical (unpaired) electrons. The van der Waals surface area contributed by atoms with Gasteiger partial charge in [-0.2, -0.15) is 0 Å². The Balaban J connectivity index is 1.24. The molecule has 1 aromatic heterocycles. The topological polar surface area (TPSA) is 128 Å². The van der Waals surface area contributed by atoms with E-state index in [-0.39, 0.29) is 37.1 Å². The smallest absolute Gasteiger partial charge is 0.279 e. The Morgan fingerprint density at radius 2 is 1.91 bits per heavy atom. The number of aliphatic hydroxyl groups excluding tert-OH is 1. The summed E-state index contributed by atoms with van der Waals surface area (Å²) >= 11 is 0. The van der Waals surface area contributed by atoms with Crippen molar-refractivity contribution in [3.63, 3.8) is 0 Å². The summed E-state index contributed by atoms with van der Waals surface area (Å²) in [4.78, 5) is 42.9. The van der Waals surface area contributed by atoms with Gasteiger partial charge in [-0.1, -0.05) is 43.3 Å². The summed E-state index contributed by atoms with van der Waals surface area (Å²) in [6, 6.07) is 19.7. The van der Waals surface area contributed by atoms with E-state index in [1.807, 2.05) is 42.5 Å². The van der Waals surface area contributed by atoms with Gasteiger partial charge in [0.2, 0.25) is 5.91 Å². The highest BCUT2D eigenvalue weighted by atomic mass is 16.5. The Hall–Kier alpha value is -4.67. The fourth-order valence-electron chi connectivity index (χ4n) is 6.37. The lowest BCUT2D eigenvalue weighted by Crippen LogP contribution is -2.44. The second kappa shape index (κ2) is 11.8. The van der Waals surface area contributed by atoms with E-state index in [2.05, 4.69) is 5.10 Å². The lowest BCUT2D eigenvalue weighted by Gasteiger charge is -2.28. The minimum absolute atomic E-state index is 0.0567. The minimum atomic E-state index is -1.87. The second-order valence-corrected chi connectivity index (χ2v) is 11.5. The van der Waals surface area contributed by atoms with Crippen molar-refractivity contribution >= 4 is 28.4 Å². The largest absolute Gasteiger partial charge is 0.497 e. The number of carbonyl (C=O) groups excluding carboxylic acids is 2. The molecule has 0 spiro atoms. The number of fused-ring (bicyclic) bond motifs is 2. The first-order chi connectivity index (χ1) is 21.3. The van der Waals surface area contributed by atoms with Gasteiger partial charge in [0.05, 0.1) is 48.6 Å². The van der Waals surface area contributed by atoms with E-state index in [9.17, 15) is 24.6 Å². The molecule has 10 heteroatoms. The van der Waals surface area contributed by atoms with Gasteiger partial charge in [-0.3, -0.25) is 19.5 Å². The molecule has 1 fully saturated rings. The van der Waals surface area contributed by atoms with Gasteiger partial charge in [-0.25, -0.2) is 4.68 Å². The van der Waals surface area contributed by atoms with Crippen LogP contribution in [0.3, 0.4) is 0 Å². The number of aromatic nitrogens is 2. The number of rotatable bonds is 9. The molecule has 1 saturated heterocycles. The van der Waals surface area contributed by atoms with Crippen LogP contribution < -0.4 is 15.2 Å². The van der Waals surface area contributed by atoms with E-state index >= 15 is 0 Å². The first kappa shape index (κ1) is 29.4. The lowest BCUT2D eigenvalue weighted by molar-refractivity contribution is -0.139. The summed E-state index contributed by atoms with van der Waals surface area (Å²) in [6.45, 7) is 2.52. The third kappa shape index (κ3) is 4.99. The Kier molecular flexibility index (Phi) is 7.87. The molecule has 44 heavy (non-hydrogen) atoms. The number of benzene rings is 3. The fraction of sp³-hybridized carbons (Fsp3) is 0.324. The maximum Gasteiger partial charge on any atom is 0.279 e. The van der Waals surface area contributed by atoms with Crippen molar-refractivity contribution in [1.82, 2.24) is 14.7 Å². The van der Waals surface area contributed by atoms with Crippen molar-refractivity contribution in [1.29, 1.82) is 0 Å². The number of H-pyrrole nitrogens is 1. The zero-order valence-corrected chi connectivity index (χ0v) is 24.8. The van der Waals surface area contributed by atoms with Gasteiger partial charge >= 0.3 is 0 Å². The van der Waals surface area contributed by atoms with Crippen molar-refractivity contribution in [2.24, 2.45) is 5.92 Å². The number of para-hydroxylation sites is 1. The quantitative estimate of drug-likeness (QED) is 0.253. The maximum atomic E-state index is 14.0. The number of ether oxygens (including phenoxy) is 1. The van der Waals surface area contributed by atoms with E-state index in [0.717, 1.165) is 23.9 Å². The molecule has 0 bridgehead atoms. The molecule has 3 atom stereocenters. The molecule has 3 N–H and O–H groups in total. The monoisotopic (exact) mass is 596 g/mol. The predicted molar refractivity (Wildman–Crippen MR) is 167 cm³/mol. The van der Waals surface area contributed by atoms with Crippen LogP contribution in [0.1, 0.15) is 37.3 Å². The summed E-state index contributed by atoms with van der Waals surface area (Å²) in [5.74, 6) is -0.695. The van der Waals surface area contributed by atoms with Gasteiger partial charge in [0, 0.05) is 24.4 Å². The number of aromatic amines is 1. The zero-order chi connectivity index (χ0) is 31.0. The molecular formula is C34H36N4O6. The number of carbonyl (C=O) groups is 2. The number of nitrogens with one attached hydrogen (secondary N) is 1. The number of aliphatic hydroxyl groups is 2. The summed E-state index contributed by atoms with van der Waals surface area (Å²) in [6.07, 6.45) is 5.17. The normalized spacial score (nSPS) is 20.5. The maximum absolute atomic E-state index is 14.0. The van der Waals surface area contributed by atoms with Crippen LogP contribution in [-0.2, 0) is 21.7 Å². The van der Waals surface area contributed by atoms with Crippen LogP contribution in [-0.4, -0.2) is 63.0 Å². The molecule has 3 aromatic carbocycles. The summed E-state index contributed by atoms with van der Waals surface area (Å²) in [5.41, 5.74) is 1.22. The number of hydrogen-bond donors (Lipinski definition) is 3. The molecule has 3 heterocycles. The fourth-order valence-corrected chi connectivity index (χ4v) is 6.37. The van der Waals surface area contributed by atoms with E-state index in [1.165, 1.54) is 11.8 Å². The number of methoxy groups -OCH3 is 1. The van der Waals surface area contributed by atoms with Gasteiger partial charge in [0.25, 0.3) is 11.5 Å². The van der Waals surface area contributed by atoms with Crippen molar-refractivity contribution in [3.05, 3.63) is 100 Å². The van der Waals surface area contributed by atoms with Crippen molar-refractivity contribution in [2.75, 3.05) is 25.2 Å². The third-order valence-corrected chi connectivity index (χ3v) is 8.89. The van der Waals surface area contributed by atoms with E-state index in [0.29, 0.717) is 34.6 Å². The Labute approximate surface area is 254 Å². The third-order valence-electron chi connectivity index (χ3n) is 8.89. The number of nitrogens with zero attached hydrogens (tertiary/aromatic N) is 3. The molecule has 2 aliphatic rings. The van der Waals surface area contributed by atoms with Crippen molar-refractivity contribution in [3.8, 4) is 11.4 Å². The first-order valence-electron chi connectivity index (χ1n) is 14.8. The Morgan fingerprint density at radius 3 is 2.64 bits per heavy atom. The molecule has 10 nitrogen and oxygen atoms in total. The van der Waals surface area contributed by atoms with E-state index in [1.54, 1.807) is 53.1 Å². The number of anilines is 1. The number of amides is 2. The van der Waals surface area contributed by atoms with Crippen LogP contribution in [0.15, 0.2) is 83.7 Å². The molecule has 6 rings (SSSR count). The van der Waals surface area contributed by atoms with Crippen molar-refractivity contribution in [2.45, 2.75) is 44.4 Å². The average Bonchev–Trinajstić information content (AvgIpc) is 3.72. The molecule has 0 saturated carbocycles. The number of likely N-dealkylation sites (tertiary alicyclic amines) is 1. The standard InChI is InChI=1S/C34H36N4O6/c1-22(7-5-11-31(40)36-18-6-8-25(36)21-39)34(43)28-19-26(44-2)16-17-30(28)37(33(34)42)20-23-12-14-24(15-13-23)38-32(41)27-9-3-4-10-29(27)35-38/h3-5,7,9-10,12-17,19,22,25,35,39,43H,6,8,11,18,20-21H2,1-2H3/b7-5+/t22-,25+,34+/m1/s1. The van der Waals surface area contributed by atoms with Gasteiger partial charge in [-0.15, -0.1) is 0 Å². The molecule has 228 valence electrons. The van der Waals surface area contributed by atoms with Crippen LogP contribution in [0.25, 0.3) is 16.6 Å². The molecule has 2 aliphatic heterocycles. The van der Waals surface area contributed by atoms with E-state index < -0.39 is 17.4 Å². The average molecular weight is 597 g/mol. The van der Waals surface area contributed by atoms with Crippen LogP contribution in [0.2, 0.25) is 0 Å². The Bertz CT molecular complexity index is 1790. The molecule has 4 aromatic rings. The zero-order valence-electron chi connectivity index (χ0n) is 24.8. The lowest BCUT2D eigenvalue weighted by atomic mass is 9.83. The highest BCUT2D eigenvalue weighted by Crippen LogP contribution is 2.47. The highest BCUT2D eigenvalue weighted by Gasteiger charge is 2.52. The van der Waals surface area contributed by atoms with Crippen molar-refractivity contribution < 1.29 is 24.5 Å². The van der Waals surface area contributed by atoms with Crippen LogP contribution in [0.4, 0.5) is 5.69 Å².